The smallest absolute Gasteiger partial charge is 0.250 e. The number of benzene rings is 1. The molecule has 2 atom stereocenters. The van der Waals surface area contributed by atoms with Crippen molar-refractivity contribution in [3.05, 3.63) is 29.3 Å². The van der Waals surface area contributed by atoms with E-state index in [1.807, 2.05) is 0 Å². The number of para-hydroxylation sites is 1. The molecule has 1 N–H and O–H groups in total. The summed E-state index contributed by atoms with van der Waals surface area (Å²) in [6, 6.07) is 6.30. The van der Waals surface area contributed by atoms with Gasteiger partial charge in [-0.15, -0.1) is 0 Å². The summed E-state index contributed by atoms with van der Waals surface area (Å²) in [5.74, 6) is 1.42. The summed E-state index contributed by atoms with van der Waals surface area (Å²) in [6.45, 7) is 11.1. The van der Waals surface area contributed by atoms with Crippen LogP contribution in [0.5, 0.6) is 0 Å². The Labute approximate surface area is 147 Å². The number of rotatable bonds is 6. The number of carbonyl (C=O) groups is 1. The van der Waals surface area contributed by atoms with Crippen LogP contribution in [0.3, 0.4) is 0 Å². The molecule has 24 heavy (non-hydrogen) atoms. The number of hydrogen-bond acceptors (Lipinski definition) is 2. The van der Waals surface area contributed by atoms with Gasteiger partial charge in [-0.2, -0.15) is 0 Å². The predicted octanol–water partition coefficient (Wildman–Crippen LogP) is 5.47. The molecule has 1 aliphatic rings. The molecule has 1 aliphatic carbocycles. The SMILES string of the molecule is CC1CCCC(OCC(=O)Nc2c(C(C)C)cccc2C(C)C)C1. The van der Waals surface area contributed by atoms with Crippen LogP contribution < -0.4 is 5.32 Å². The number of hydrogen-bond donors (Lipinski definition) is 1. The Balaban J connectivity index is 2.02. The van der Waals surface area contributed by atoms with Crippen LogP contribution in [-0.2, 0) is 9.53 Å². The van der Waals surface area contributed by atoms with E-state index in [1.54, 1.807) is 0 Å². The Kier molecular flexibility index (Phi) is 6.85. The van der Waals surface area contributed by atoms with Gasteiger partial charge in [-0.3, -0.25) is 4.79 Å². The van der Waals surface area contributed by atoms with Gasteiger partial charge >= 0.3 is 0 Å². The molecule has 1 aromatic rings. The van der Waals surface area contributed by atoms with Crippen molar-refractivity contribution in [2.45, 2.75) is 78.2 Å². The number of carbonyl (C=O) groups excluding carboxylic acids is 1. The highest BCUT2D eigenvalue weighted by molar-refractivity contribution is 5.93. The van der Waals surface area contributed by atoms with Crippen LogP contribution in [0.15, 0.2) is 18.2 Å². The second kappa shape index (κ2) is 8.66. The largest absolute Gasteiger partial charge is 0.368 e. The molecule has 2 unspecified atom stereocenters. The Morgan fingerprint density at radius 3 is 2.33 bits per heavy atom. The first kappa shape index (κ1) is 19.0. The van der Waals surface area contributed by atoms with Gasteiger partial charge in [-0.25, -0.2) is 0 Å². The average molecular weight is 332 g/mol. The third-order valence-corrected chi connectivity index (χ3v) is 4.98. The van der Waals surface area contributed by atoms with Crippen LogP contribution in [0.25, 0.3) is 0 Å². The maximum absolute atomic E-state index is 12.5. The van der Waals surface area contributed by atoms with E-state index in [4.69, 9.17) is 4.74 Å². The van der Waals surface area contributed by atoms with E-state index < -0.39 is 0 Å². The van der Waals surface area contributed by atoms with Crippen molar-refractivity contribution in [1.82, 2.24) is 0 Å². The molecule has 3 nitrogen and oxygen atoms in total. The van der Waals surface area contributed by atoms with Crippen molar-refractivity contribution in [1.29, 1.82) is 0 Å². The Morgan fingerprint density at radius 2 is 1.79 bits per heavy atom. The number of ether oxygens (including phenoxy) is 1. The molecular weight excluding hydrogens is 298 g/mol. The van der Waals surface area contributed by atoms with E-state index in [9.17, 15) is 4.79 Å². The molecule has 0 aliphatic heterocycles. The molecule has 0 spiro atoms. The summed E-state index contributed by atoms with van der Waals surface area (Å²) >= 11 is 0. The molecule has 3 heteroatoms. The number of anilines is 1. The Morgan fingerprint density at radius 1 is 1.17 bits per heavy atom. The van der Waals surface area contributed by atoms with Gasteiger partial charge in [-0.05, 0) is 41.7 Å². The van der Waals surface area contributed by atoms with Gasteiger partial charge in [0.05, 0.1) is 6.10 Å². The minimum atomic E-state index is -0.0387. The van der Waals surface area contributed by atoms with Gasteiger partial charge in [-0.1, -0.05) is 65.7 Å². The maximum Gasteiger partial charge on any atom is 0.250 e. The summed E-state index contributed by atoms with van der Waals surface area (Å²) in [4.78, 5) is 12.5. The molecule has 1 fully saturated rings. The second-order valence-corrected chi connectivity index (χ2v) is 7.87. The fourth-order valence-electron chi connectivity index (χ4n) is 3.59. The molecule has 0 bridgehead atoms. The molecule has 0 saturated heterocycles. The van der Waals surface area contributed by atoms with Gasteiger partial charge < -0.3 is 10.1 Å². The van der Waals surface area contributed by atoms with Gasteiger partial charge in [0.25, 0.3) is 0 Å². The van der Waals surface area contributed by atoms with E-state index in [1.165, 1.54) is 24.0 Å². The molecule has 1 amide bonds. The van der Waals surface area contributed by atoms with E-state index in [2.05, 4.69) is 58.1 Å². The van der Waals surface area contributed by atoms with Crippen molar-refractivity contribution < 1.29 is 9.53 Å². The first-order valence-corrected chi connectivity index (χ1v) is 9.42. The summed E-state index contributed by atoms with van der Waals surface area (Å²) in [6.07, 6.45) is 4.89. The van der Waals surface area contributed by atoms with Crippen LogP contribution in [0.4, 0.5) is 5.69 Å². The second-order valence-electron chi connectivity index (χ2n) is 7.87. The van der Waals surface area contributed by atoms with E-state index in [-0.39, 0.29) is 18.6 Å². The molecular formula is C21H33NO2. The van der Waals surface area contributed by atoms with Crippen molar-refractivity contribution in [2.75, 3.05) is 11.9 Å². The lowest BCUT2D eigenvalue weighted by atomic mass is 9.89. The molecule has 0 heterocycles. The van der Waals surface area contributed by atoms with Gasteiger partial charge in [0, 0.05) is 5.69 Å². The van der Waals surface area contributed by atoms with E-state index in [0.717, 1.165) is 18.5 Å². The third kappa shape index (κ3) is 5.07. The minimum Gasteiger partial charge on any atom is -0.368 e. The first-order valence-electron chi connectivity index (χ1n) is 9.42. The normalized spacial score (nSPS) is 21.3. The summed E-state index contributed by atoms with van der Waals surface area (Å²) in [5, 5.41) is 3.13. The van der Waals surface area contributed by atoms with Gasteiger partial charge in [0.1, 0.15) is 6.61 Å². The van der Waals surface area contributed by atoms with Gasteiger partial charge in [0.2, 0.25) is 5.91 Å². The molecule has 1 aromatic carbocycles. The van der Waals surface area contributed by atoms with Gasteiger partial charge in [0.15, 0.2) is 0 Å². The zero-order valence-electron chi connectivity index (χ0n) is 15.9. The lowest BCUT2D eigenvalue weighted by molar-refractivity contribution is -0.123. The zero-order chi connectivity index (χ0) is 17.7. The van der Waals surface area contributed by atoms with Crippen LogP contribution in [0.2, 0.25) is 0 Å². The summed E-state index contributed by atoms with van der Waals surface area (Å²) < 4.78 is 5.88. The van der Waals surface area contributed by atoms with E-state index >= 15 is 0 Å². The molecule has 134 valence electrons. The Hall–Kier alpha value is -1.35. The maximum atomic E-state index is 12.5. The minimum absolute atomic E-state index is 0.0387. The molecule has 1 saturated carbocycles. The van der Waals surface area contributed by atoms with Crippen LogP contribution >= 0.6 is 0 Å². The Bertz CT molecular complexity index is 525. The highest BCUT2D eigenvalue weighted by Crippen LogP contribution is 2.32. The topological polar surface area (TPSA) is 38.3 Å². The highest BCUT2D eigenvalue weighted by Gasteiger charge is 2.21. The lowest BCUT2D eigenvalue weighted by Gasteiger charge is -2.27. The average Bonchev–Trinajstić information content (AvgIpc) is 2.52. The lowest BCUT2D eigenvalue weighted by Crippen LogP contribution is -2.27. The van der Waals surface area contributed by atoms with Crippen molar-refractivity contribution >= 4 is 11.6 Å². The van der Waals surface area contributed by atoms with Crippen LogP contribution in [0, 0.1) is 5.92 Å². The number of amides is 1. The zero-order valence-corrected chi connectivity index (χ0v) is 15.9. The number of nitrogens with one attached hydrogen (secondary N) is 1. The van der Waals surface area contributed by atoms with Crippen molar-refractivity contribution in [2.24, 2.45) is 5.92 Å². The first-order chi connectivity index (χ1) is 11.4. The van der Waals surface area contributed by atoms with Crippen LogP contribution in [-0.4, -0.2) is 18.6 Å². The summed E-state index contributed by atoms with van der Waals surface area (Å²) in [5.41, 5.74) is 3.37. The third-order valence-electron chi connectivity index (χ3n) is 4.98. The van der Waals surface area contributed by atoms with Crippen LogP contribution in [0.1, 0.15) is 83.3 Å². The van der Waals surface area contributed by atoms with Crippen molar-refractivity contribution in [3.8, 4) is 0 Å². The molecule has 0 aromatic heterocycles. The van der Waals surface area contributed by atoms with Crippen molar-refractivity contribution in [3.63, 3.8) is 0 Å². The fourth-order valence-corrected chi connectivity index (χ4v) is 3.59. The molecule has 0 radical (unpaired) electrons. The monoisotopic (exact) mass is 331 g/mol. The quantitative estimate of drug-likeness (QED) is 0.751. The predicted molar refractivity (Wildman–Crippen MR) is 101 cm³/mol. The standard InChI is InChI=1S/C21H33NO2/c1-14(2)18-10-7-11-19(15(3)4)21(18)22-20(23)13-24-17-9-6-8-16(5)12-17/h7,10-11,14-17H,6,8-9,12-13H2,1-5H3,(H,22,23). The highest BCUT2D eigenvalue weighted by atomic mass is 16.5. The molecule has 2 rings (SSSR count). The summed E-state index contributed by atoms with van der Waals surface area (Å²) in [7, 11) is 0. The van der Waals surface area contributed by atoms with E-state index in [0.29, 0.717) is 17.8 Å². The fraction of sp³-hybridized carbons (Fsp3) is 0.667.